The van der Waals surface area contributed by atoms with Gasteiger partial charge in [-0.2, -0.15) is 5.26 Å². The first-order valence-corrected chi connectivity index (χ1v) is 16.1. The Morgan fingerprint density at radius 1 is 1.00 bits per heavy atom. The van der Waals surface area contributed by atoms with E-state index in [1.54, 1.807) is 42.5 Å². The molecule has 9 heteroatoms. The van der Waals surface area contributed by atoms with Gasteiger partial charge in [0.1, 0.15) is 4.90 Å². The van der Waals surface area contributed by atoms with Crippen LogP contribution in [0.15, 0.2) is 76.6 Å². The molecule has 1 aliphatic carbocycles. The van der Waals surface area contributed by atoms with Gasteiger partial charge in [0.05, 0.1) is 17.3 Å². The number of piperazine rings is 1. The average molecular weight is 584 g/mol. The number of amides is 1. The standard InChI is InChI=1S/C33H37N5O3S/c1-25-7-5-12-31(32(25)35-23-26-8-3-2-4-9-26)42(40,41)36-30-15-13-29(14-16-30)33(39)38-19-17-37(18-20-38)24-28-11-6-10-27(21-28)22-34/h5-7,10-16,21,23,26,36H,2-4,8-9,17-20,24H2,1H3/b35-23-. The molecule has 0 spiro atoms. The molecular weight excluding hydrogens is 546 g/mol. The number of rotatable bonds is 8. The van der Waals surface area contributed by atoms with Gasteiger partial charge in [-0.15, -0.1) is 0 Å². The normalized spacial score (nSPS) is 16.8. The molecule has 0 aromatic heterocycles. The molecule has 2 aliphatic rings. The van der Waals surface area contributed by atoms with Gasteiger partial charge in [-0.1, -0.05) is 43.5 Å². The molecule has 1 saturated heterocycles. The first kappa shape index (κ1) is 29.5. The van der Waals surface area contributed by atoms with Crippen molar-refractivity contribution in [2.45, 2.75) is 50.5 Å². The lowest BCUT2D eigenvalue weighted by atomic mass is 9.90. The fourth-order valence-corrected chi connectivity index (χ4v) is 6.94. The van der Waals surface area contributed by atoms with E-state index < -0.39 is 10.0 Å². The quantitative estimate of drug-likeness (QED) is 0.332. The number of hydrogen-bond acceptors (Lipinski definition) is 6. The maximum absolute atomic E-state index is 13.4. The van der Waals surface area contributed by atoms with Crippen LogP contribution in [0, 0.1) is 24.2 Å². The number of aryl methyl sites for hydroxylation is 1. The minimum absolute atomic E-state index is 0.0754. The largest absolute Gasteiger partial charge is 0.336 e. The number of hydrogen-bond donors (Lipinski definition) is 1. The van der Waals surface area contributed by atoms with Crippen LogP contribution >= 0.6 is 0 Å². The van der Waals surface area contributed by atoms with Crippen LogP contribution in [0.2, 0.25) is 0 Å². The predicted octanol–water partition coefficient (Wildman–Crippen LogP) is 5.91. The average Bonchev–Trinajstić information content (AvgIpc) is 3.01. The number of sulfonamides is 1. The lowest BCUT2D eigenvalue weighted by Crippen LogP contribution is -2.48. The summed E-state index contributed by atoms with van der Waals surface area (Å²) in [5.41, 5.74) is 3.91. The van der Waals surface area contributed by atoms with Gasteiger partial charge < -0.3 is 4.90 Å². The highest BCUT2D eigenvalue weighted by atomic mass is 32.2. The Hall–Kier alpha value is -4.00. The van der Waals surface area contributed by atoms with Crippen LogP contribution in [-0.4, -0.2) is 56.5 Å². The number of aliphatic imine (C=N–C) groups is 1. The molecule has 3 aromatic carbocycles. The van der Waals surface area contributed by atoms with E-state index in [9.17, 15) is 13.2 Å². The number of nitrogens with one attached hydrogen (secondary N) is 1. The minimum atomic E-state index is -3.89. The topological polar surface area (TPSA) is 106 Å². The minimum Gasteiger partial charge on any atom is -0.336 e. The highest BCUT2D eigenvalue weighted by molar-refractivity contribution is 7.92. The van der Waals surface area contributed by atoms with Gasteiger partial charge in [0.25, 0.3) is 15.9 Å². The van der Waals surface area contributed by atoms with Gasteiger partial charge in [0, 0.05) is 50.2 Å². The molecule has 0 atom stereocenters. The summed E-state index contributed by atoms with van der Waals surface area (Å²) in [6.45, 7) is 5.29. The maximum atomic E-state index is 13.4. The summed E-state index contributed by atoms with van der Waals surface area (Å²) in [7, 11) is -3.89. The Kier molecular flexibility index (Phi) is 9.35. The van der Waals surface area contributed by atoms with Crippen molar-refractivity contribution in [3.63, 3.8) is 0 Å². The molecule has 3 aromatic rings. The number of carbonyl (C=O) groups is 1. The Morgan fingerprint density at radius 2 is 1.71 bits per heavy atom. The molecule has 0 radical (unpaired) electrons. The van der Waals surface area contributed by atoms with Gasteiger partial charge in [-0.05, 0) is 79.3 Å². The third kappa shape index (κ3) is 7.25. The molecule has 42 heavy (non-hydrogen) atoms. The van der Waals surface area contributed by atoms with Crippen molar-refractivity contribution in [2.75, 3.05) is 30.9 Å². The molecule has 1 amide bonds. The van der Waals surface area contributed by atoms with Gasteiger partial charge in [-0.3, -0.25) is 19.4 Å². The second kappa shape index (κ2) is 13.3. The zero-order chi connectivity index (χ0) is 29.5. The number of anilines is 1. The number of benzene rings is 3. The molecule has 5 rings (SSSR count). The molecule has 0 bridgehead atoms. The van der Waals surface area contributed by atoms with Crippen LogP contribution in [0.5, 0.6) is 0 Å². The zero-order valence-electron chi connectivity index (χ0n) is 24.0. The Morgan fingerprint density at radius 3 is 2.43 bits per heavy atom. The summed E-state index contributed by atoms with van der Waals surface area (Å²) >= 11 is 0. The van der Waals surface area contributed by atoms with Gasteiger partial charge >= 0.3 is 0 Å². The van der Waals surface area contributed by atoms with Crippen molar-refractivity contribution in [3.8, 4) is 6.07 Å². The van der Waals surface area contributed by atoms with Crippen molar-refractivity contribution in [1.29, 1.82) is 5.26 Å². The lowest BCUT2D eigenvalue weighted by molar-refractivity contribution is 0.0628. The van der Waals surface area contributed by atoms with Crippen molar-refractivity contribution in [3.05, 3.63) is 89.0 Å². The number of nitrogens with zero attached hydrogens (tertiary/aromatic N) is 4. The number of nitriles is 1. The molecule has 1 saturated carbocycles. The fraction of sp³-hybridized carbons (Fsp3) is 0.364. The Bertz CT molecular complexity index is 1580. The van der Waals surface area contributed by atoms with Crippen molar-refractivity contribution in [2.24, 2.45) is 10.9 Å². The number of para-hydroxylation sites is 1. The van der Waals surface area contributed by atoms with Crippen molar-refractivity contribution >= 4 is 33.5 Å². The molecule has 1 aliphatic heterocycles. The van der Waals surface area contributed by atoms with Gasteiger partial charge in [-0.25, -0.2) is 8.42 Å². The van der Waals surface area contributed by atoms with Crippen molar-refractivity contribution < 1.29 is 13.2 Å². The Balaban J connectivity index is 1.20. The molecule has 0 unspecified atom stereocenters. The van der Waals surface area contributed by atoms with E-state index in [0.717, 1.165) is 43.6 Å². The first-order valence-electron chi connectivity index (χ1n) is 14.6. The highest BCUT2D eigenvalue weighted by Gasteiger charge is 2.24. The fourth-order valence-electron chi connectivity index (χ4n) is 5.66. The smallest absolute Gasteiger partial charge is 0.264 e. The van der Waals surface area contributed by atoms with E-state index in [-0.39, 0.29) is 10.8 Å². The monoisotopic (exact) mass is 583 g/mol. The zero-order valence-corrected chi connectivity index (χ0v) is 24.8. The molecule has 1 heterocycles. The van der Waals surface area contributed by atoms with Crippen molar-refractivity contribution in [1.82, 2.24) is 9.80 Å². The van der Waals surface area contributed by atoms with Crippen LogP contribution in [-0.2, 0) is 16.6 Å². The second-order valence-corrected chi connectivity index (χ2v) is 12.8. The summed E-state index contributed by atoms with van der Waals surface area (Å²) < 4.78 is 29.5. The summed E-state index contributed by atoms with van der Waals surface area (Å²) in [5.74, 6) is 0.310. The van der Waals surface area contributed by atoms with Crippen LogP contribution in [0.3, 0.4) is 0 Å². The Labute approximate surface area is 248 Å². The second-order valence-electron chi connectivity index (χ2n) is 11.2. The summed E-state index contributed by atoms with van der Waals surface area (Å²) in [6, 6.07) is 21.6. The third-order valence-electron chi connectivity index (χ3n) is 8.06. The summed E-state index contributed by atoms with van der Waals surface area (Å²) in [5, 5.41) is 9.13. The van der Waals surface area contributed by atoms with E-state index in [1.807, 2.05) is 42.3 Å². The van der Waals surface area contributed by atoms with E-state index in [1.165, 1.54) is 19.3 Å². The molecule has 2 fully saturated rings. The molecule has 218 valence electrons. The highest BCUT2D eigenvalue weighted by Crippen LogP contribution is 2.31. The lowest BCUT2D eigenvalue weighted by Gasteiger charge is -2.34. The maximum Gasteiger partial charge on any atom is 0.264 e. The third-order valence-corrected chi connectivity index (χ3v) is 9.47. The van der Waals surface area contributed by atoms with Crippen LogP contribution < -0.4 is 4.72 Å². The van der Waals surface area contributed by atoms with Gasteiger partial charge in [0.15, 0.2) is 0 Å². The summed E-state index contributed by atoms with van der Waals surface area (Å²) in [6.07, 6.45) is 7.73. The van der Waals surface area contributed by atoms with Gasteiger partial charge in [0.2, 0.25) is 0 Å². The SMILES string of the molecule is Cc1cccc(S(=O)(=O)Nc2ccc(C(=O)N3CCN(Cc4cccc(C#N)c4)CC3)cc2)c1/N=C\C1CCCCC1. The molecule has 1 N–H and O–H groups in total. The number of carbonyl (C=O) groups excluding carboxylic acids is 1. The van der Waals surface area contributed by atoms with E-state index in [0.29, 0.717) is 41.5 Å². The van der Waals surface area contributed by atoms with Crippen LogP contribution in [0.1, 0.15) is 59.2 Å². The van der Waals surface area contributed by atoms with Crippen LogP contribution in [0.25, 0.3) is 0 Å². The van der Waals surface area contributed by atoms with E-state index >= 15 is 0 Å². The van der Waals surface area contributed by atoms with E-state index in [4.69, 9.17) is 5.26 Å². The predicted molar refractivity (Wildman–Crippen MR) is 165 cm³/mol. The summed E-state index contributed by atoms with van der Waals surface area (Å²) in [4.78, 5) is 22.1. The molecular formula is C33H37N5O3S. The van der Waals surface area contributed by atoms with Crippen LogP contribution in [0.4, 0.5) is 11.4 Å². The molecule has 8 nitrogen and oxygen atoms in total. The van der Waals surface area contributed by atoms with E-state index in [2.05, 4.69) is 20.7 Å². The first-order chi connectivity index (χ1) is 20.3.